The maximum Gasteiger partial charge on any atom is 0.234 e. The average molecular weight is 347 g/mol. The summed E-state index contributed by atoms with van der Waals surface area (Å²) in [4.78, 5) is 28.3. The van der Waals surface area contributed by atoms with Gasteiger partial charge in [0.25, 0.3) is 0 Å². The molecular weight excluding hydrogens is 321 g/mol. The van der Waals surface area contributed by atoms with E-state index in [4.69, 9.17) is 0 Å². The first-order chi connectivity index (χ1) is 12.0. The summed E-state index contributed by atoms with van der Waals surface area (Å²) in [6.45, 7) is 4.12. The van der Waals surface area contributed by atoms with E-state index in [9.17, 15) is 14.0 Å². The number of carbonyl (C=O) groups excluding carboxylic acids is 2. The molecule has 2 saturated heterocycles. The largest absolute Gasteiger partial charge is 0.351 e. The number of halogens is 1. The number of benzene rings is 1. The van der Waals surface area contributed by atoms with E-state index in [1.54, 1.807) is 19.1 Å². The van der Waals surface area contributed by atoms with E-state index in [-0.39, 0.29) is 29.7 Å². The molecule has 1 N–H and O–H groups in total. The fourth-order valence-corrected chi connectivity index (χ4v) is 4.11. The fraction of sp³-hybridized carbons (Fsp3) is 0.579. The molecule has 136 valence electrons. The van der Waals surface area contributed by atoms with Gasteiger partial charge in [0.1, 0.15) is 5.82 Å². The third-order valence-electron chi connectivity index (χ3n) is 5.31. The summed E-state index contributed by atoms with van der Waals surface area (Å²) in [5.74, 6) is -0.166. The van der Waals surface area contributed by atoms with Crippen LogP contribution in [0.15, 0.2) is 24.3 Å². The Labute approximate surface area is 148 Å². The van der Waals surface area contributed by atoms with Crippen LogP contribution in [0, 0.1) is 5.82 Å². The van der Waals surface area contributed by atoms with Gasteiger partial charge in [-0.05, 0) is 49.9 Å². The molecule has 0 unspecified atom stereocenters. The molecule has 0 aromatic heterocycles. The molecule has 0 spiro atoms. The van der Waals surface area contributed by atoms with Gasteiger partial charge in [-0.3, -0.25) is 14.5 Å². The van der Waals surface area contributed by atoms with Gasteiger partial charge in [0, 0.05) is 32.1 Å². The van der Waals surface area contributed by atoms with Gasteiger partial charge in [-0.1, -0.05) is 12.1 Å². The molecule has 0 saturated carbocycles. The molecule has 2 heterocycles. The fourth-order valence-electron chi connectivity index (χ4n) is 4.11. The zero-order valence-electron chi connectivity index (χ0n) is 14.7. The highest BCUT2D eigenvalue weighted by Gasteiger charge is 2.39. The molecule has 1 aromatic carbocycles. The molecule has 6 heteroatoms. The lowest BCUT2D eigenvalue weighted by Gasteiger charge is -2.34. The van der Waals surface area contributed by atoms with Crippen molar-refractivity contribution < 1.29 is 14.0 Å². The lowest BCUT2D eigenvalue weighted by atomic mass is 10.0. The molecule has 0 bridgehead atoms. The lowest BCUT2D eigenvalue weighted by Crippen LogP contribution is -2.50. The minimum Gasteiger partial charge on any atom is -0.351 e. The van der Waals surface area contributed by atoms with Gasteiger partial charge < -0.3 is 10.2 Å². The van der Waals surface area contributed by atoms with Crippen LogP contribution < -0.4 is 5.32 Å². The second-order valence-corrected chi connectivity index (χ2v) is 7.01. The van der Waals surface area contributed by atoms with Crippen LogP contribution in [0.4, 0.5) is 4.39 Å². The summed E-state index contributed by atoms with van der Waals surface area (Å²) in [5.41, 5.74) is 0.881. The molecule has 2 atom stereocenters. The number of amides is 2. The quantitative estimate of drug-likeness (QED) is 0.885. The zero-order valence-corrected chi connectivity index (χ0v) is 14.7. The first-order valence-electron chi connectivity index (χ1n) is 9.07. The second kappa shape index (κ2) is 7.95. The van der Waals surface area contributed by atoms with Crippen molar-refractivity contribution in [1.29, 1.82) is 0 Å². The smallest absolute Gasteiger partial charge is 0.234 e. The van der Waals surface area contributed by atoms with E-state index < -0.39 is 0 Å². The van der Waals surface area contributed by atoms with E-state index in [1.165, 1.54) is 12.1 Å². The normalized spacial score (nSPS) is 23.8. The van der Waals surface area contributed by atoms with Crippen LogP contribution in [0.2, 0.25) is 0 Å². The molecule has 2 amide bonds. The van der Waals surface area contributed by atoms with Crippen LogP contribution in [-0.2, 0) is 16.1 Å². The predicted molar refractivity (Wildman–Crippen MR) is 93.3 cm³/mol. The van der Waals surface area contributed by atoms with E-state index in [1.807, 2.05) is 4.90 Å². The Morgan fingerprint density at radius 3 is 2.52 bits per heavy atom. The topological polar surface area (TPSA) is 52.7 Å². The standard InChI is InChI=1S/C19H26FN3O2/c1-14(24)23-11-3-5-18(23)17-4-2-10-22(17)13-19(25)21-12-15-6-8-16(20)9-7-15/h6-9,17-18H,2-5,10-13H2,1H3,(H,21,25)/t17-,18+/m1/s1. The Kier molecular flexibility index (Phi) is 5.68. The molecule has 5 nitrogen and oxygen atoms in total. The van der Waals surface area contributed by atoms with Gasteiger partial charge in [0.2, 0.25) is 11.8 Å². The summed E-state index contributed by atoms with van der Waals surface area (Å²) >= 11 is 0. The molecule has 3 rings (SSSR count). The van der Waals surface area contributed by atoms with Crippen molar-refractivity contribution in [2.24, 2.45) is 0 Å². The van der Waals surface area contributed by atoms with Crippen molar-refractivity contribution >= 4 is 11.8 Å². The monoisotopic (exact) mass is 347 g/mol. The average Bonchev–Trinajstić information content (AvgIpc) is 3.22. The maximum atomic E-state index is 12.9. The molecule has 2 aliphatic heterocycles. The van der Waals surface area contributed by atoms with Crippen LogP contribution >= 0.6 is 0 Å². The SMILES string of the molecule is CC(=O)N1CCC[C@H]1[C@H]1CCCN1CC(=O)NCc1ccc(F)cc1. The maximum absolute atomic E-state index is 12.9. The minimum absolute atomic E-state index is 0.0244. The molecule has 2 fully saturated rings. The Balaban J connectivity index is 1.53. The van der Waals surface area contributed by atoms with Gasteiger partial charge in [-0.2, -0.15) is 0 Å². The van der Waals surface area contributed by atoms with Gasteiger partial charge >= 0.3 is 0 Å². The zero-order chi connectivity index (χ0) is 17.8. The van der Waals surface area contributed by atoms with Crippen LogP contribution in [0.1, 0.15) is 38.2 Å². The highest BCUT2D eigenvalue weighted by Crippen LogP contribution is 2.29. The van der Waals surface area contributed by atoms with Crippen LogP contribution in [0.5, 0.6) is 0 Å². The Morgan fingerprint density at radius 1 is 1.12 bits per heavy atom. The first-order valence-corrected chi connectivity index (χ1v) is 9.07. The lowest BCUT2D eigenvalue weighted by molar-refractivity contribution is -0.130. The van der Waals surface area contributed by atoms with Gasteiger partial charge in [0.15, 0.2) is 0 Å². The molecular formula is C19H26FN3O2. The van der Waals surface area contributed by atoms with Crippen LogP contribution in [0.25, 0.3) is 0 Å². The van der Waals surface area contributed by atoms with Crippen molar-refractivity contribution in [2.45, 2.75) is 51.2 Å². The van der Waals surface area contributed by atoms with Crippen LogP contribution in [-0.4, -0.2) is 53.3 Å². The first kappa shape index (κ1) is 17.9. The van der Waals surface area contributed by atoms with Crippen molar-refractivity contribution in [1.82, 2.24) is 15.1 Å². The summed E-state index contributed by atoms with van der Waals surface area (Å²) in [7, 11) is 0. The molecule has 0 radical (unpaired) electrons. The minimum atomic E-state index is -0.276. The number of hydrogen-bond acceptors (Lipinski definition) is 3. The molecule has 2 aliphatic rings. The van der Waals surface area contributed by atoms with Gasteiger partial charge in [-0.25, -0.2) is 4.39 Å². The predicted octanol–water partition coefficient (Wildman–Crippen LogP) is 1.92. The number of carbonyl (C=O) groups is 2. The summed E-state index contributed by atoms with van der Waals surface area (Å²) in [5, 5.41) is 2.91. The Morgan fingerprint density at radius 2 is 1.80 bits per heavy atom. The summed E-state index contributed by atoms with van der Waals surface area (Å²) in [6.07, 6.45) is 4.18. The molecule has 1 aromatic rings. The summed E-state index contributed by atoms with van der Waals surface area (Å²) < 4.78 is 12.9. The summed E-state index contributed by atoms with van der Waals surface area (Å²) in [6, 6.07) is 6.67. The highest BCUT2D eigenvalue weighted by atomic mass is 19.1. The molecule has 25 heavy (non-hydrogen) atoms. The van der Waals surface area contributed by atoms with Crippen molar-refractivity contribution in [3.05, 3.63) is 35.6 Å². The van der Waals surface area contributed by atoms with E-state index in [0.29, 0.717) is 13.1 Å². The van der Waals surface area contributed by atoms with Crippen molar-refractivity contribution in [3.8, 4) is 0 Å². The number of nitrogens with one attached hydrogen (secondary N) is 1. The second-order valence-electron chi connectivity index (χ2n) is 7.01. The molecule has 0 aliphatic carbocycles. The third kappa shape index (κ3) is 4.37. The van der Waals surface area contributed by atoms with Crippen molar-refractivity contribution in [3.63, 3.8) is 0 Å². The number of hydrogen-bond donors (Lipinski definition) is 1. The van der Waals surface area contributed by atoms with Crippen LogP contribution in [0.3, 0.4) is 0 Å². The number of rotatable bonds is 5. The van der Waals surface area contributed by atoms with E-state index in [0.717, 1.165) is 44.3 Å². The van der Waals surface area contributed by atoms with Crippen molar-refractivity contribution in [2.75, 3.05) is 19.6 Å². The third-order valence-corrected chi connectivity index (χ3v) is 5.31. The number of likely N-dealkylation sites (tertiary alicyclic amines) is 2. The van der Waals surface area contributed by atoms with Gasteiger partial charge in [0.05, 0.1) is 6.54 Å². The van der Waals surface area contributed by atoms with Gasteiger partial charge in [-0.15, -0.1) is 0 Å². The van der Waals surface area contributed by atoms with E-state index >= 15 is 0 Å². The highest BCUT2D eigenvalue weighted by molar-refractivity contribution is 5.78. The number of nitrogens with zero attached hydrogens (tertiary/aromatic N) is 2. The van der Waals surface area contributed by atoms with E-state index in [2.05, 4.69) is 10.2 Å². The Bertz CT molecular complexity index is 620. The Hall–Kier alpha value is -1.95.